The van der Waals surface area contributed by atoms with E-state index in [4.69, 9.17) is 9.84 Å². The van der Waals surface area contributed by atoms with Crippen LogP contribution in [0.3, 0.4) is 0 Å². The Hall–Kier alpha value is -1.51. The Bertz CT molecular complexity index is 639. The summed E-state index contributed by atoms with van der Waals surface area (Å²) in [5, 5.41) is 8.79. The van der Waals surface area contributed by atoms with Gasteiger partial charge in [0.15, 0.2) is 0 Å². The minimum absolute atomic E-state index is 0.176. The molecule has 1 aromatic carbocycles. The highest BCUT2D eigenvalue weighted by Crippen LogP contribution is 2.26. The van der Waals surface area contributed by atoms with Crippen molar-refractivity contribution >= 4 is 16.0 Å². The van der Waals surface area contributed by atoms with Gasteiger partial charge >= 0.3 is 5.97 Å². The number of carbonyl (C=O) groups is 1. The van der Waals surface area contributed by atoms with E-state index >= 15 is 0 Å². The minimum Gasteiger partial charge on any atom is -0.478 e. The zero-order valence-corrected chi connectivity index (χ0v) is 11.5. The number of aromatic carboxylic acids is 1. The van der Waals surface area contributed by atoms with E-state index < -0.39 is 27.4 Å². The van der Waals surface area contributed by atoms with Crippen LogP contribution in [0.2, 0.25) is 0 Å². The van der Waals surface area contributed by atoms with Gasteiger partial charge in [-0.15, -0.1) is 0 Å². The van der Waals surface area contributed by atoms with Crippen LogP contribution in [0.15, 0.2) is 23.1 Å². The van der Waals surface area contributed by atoms with Crippen LogP contribution in [0.1, 0.15) is 17.3 Å². The largest absolute Gasteiger partial charge is 0.478 e. The van der Waals surface area contributed by atoms with Crippen LogP contribution in [0, 0.1) is 11.2 Å². The molecule has 0 atom stereocenters. The first kappa shape index (κ1) is 14.9. The third-order valence-electron chi connectivity index (χ3n) is 3.07. The lowest BCUT2D eigenvalue weighted by molar-refractivity contribution is -0.0965. The van der Waals surface area contributed by atoms with Crippen molar-refractivity contribution in [2.45, 2.75) is 11.8 Å². The smallest absolute Gasteiger partial charge is 0.338 e. The maximum atomic E-state index is 13.2. The number of halogens is 1. The number of hydrogen-bond donors (Lipinski definition) is 2. The molecular formula is C12H14FNO5S. The first-order valence-electron chi connectivity index (χ1n) is 5.84. The van der Waals surface area contributed by atoms with Crippen molar-refractivity contribution in [2.24, 2.45) is 5.41 Å². The van der Waals surface area contributed by atoms with Crippen LogP contribution in [0.5, 0.6) is 0 Å². The molecule has 1 heterocycles. The van der Waals surface area contributed by atoms with E-state index in [0.29, 0.717) is 13.2 Å². The highest BCUT2D eigenvalue weighted by molar-refractivity contribution is 7.89. The molecule has 8 heteroatoms. The van der Waals surface area contributed by atoms with Gasteiger partial charge in [-0.05, 0) is 18.2 Å². The summed E-state index contributed by atoms with van der Waals surface area (Å²) in [7, 11) is -3.88. The van der Waals surface area contributed by atoms with Crippen molar-refractivity contribution in [3.8, 4) is 0 Å². The Labute approximate surface area is 115 Å². The number of hydrogen-bond acceptors (Lipinski definition) is 4. The molecular weight excluding hydrogens is 289 g/mol. The van der Waals surface area contributed by atoms with Crippen LogP contribution in [-0.4, -0.2) is 39.3 Å². The first-order valence-corrected chi connectivity index (χ1v) is 7.32. The fourth-order valence-corrected chi connectivity index (χ4v) is 2.97. The Morgan fingerprint density at radius 2 is 2.15 bits per heavy atom. The molecule has 1 fully saturated rings. The molecule has 1 aliphatic rings. The Kier molecular flexibility index (Phi) is 3.81. The molecule has 110 valence electrons. The molecule has 20 heavy (non-hydrogen) atoms. The third kappa shape index (κ3) is 2.97. The van der Waals surface area contributed by atoms with Crippen LogP contribution in [0.25, 0.3) is 0 Å². The van der Waals surface area contributed by atoms with E-state index in [0.717, 1.165) is 18.2 Å². The maximum Gasteiger partial charge on any atom is 0.338 e. The summed E-state index contributed by atoms with van der Waals surface area (Å²) in [5.74, 6) is -2.49. The van der Waals surface area contributed by atoms with Gasteiger partial charge in [0, 0.05) is 12.0 Å². The number of nitrogens with one attached hydrogen (secondary N) is 1. The monoisotopic (exact) mass is 303 g/mol. The molecule has 2 rings (SSSR count). The molecule has 2 N–H and O–H groups in total. The summed E-state index contributed by atoms with van der Waals surface area (Å²) in [4.78, 5) is 10.5. The highest BCUT2D eigenvalue weighted by Gasteiger charge is 2.34. The normalized spacial score (nSPS) is 17.5. The Balaban J connectivity index is 2.21. The molecule has 0 unspecified atom stereocenters. The van der Waals surface area contributed by atoms with E-state index in [1.807, 2.05) is 6.92 Å². The molecule has 0 saturated carbocycles. The van der Waals surface area contributed by atoms with Crippen molar-refractivity contribution in [1.29, 1.82) is 0 Å². The molecule has 1 aliphatic heterocycles. The summed E-state index contributed by atoms with van der Waals surface area (Å²) < 4.78 is 44.7. The second-order valence-corrected chi connectivity index (χ2v) is 6.84. The standard InChI is InChI=1S/C12H14FNO5S/c1-12(6-19-7-12)5-14-20(17,18)8-2-3-10(13)9(4-8)11(15)16/h2-4,14H,5-7H2,1H3,(H,15,16). The lowest BCUT2D eigenvalue weighted by Gasteiger charge is -2.37. The van der Waals surface area contributed by atoms with Gasteiger partial charge in [-0.2, -0.15) is 0 Å². The van der Waals surface area contributed by atoms with Crippen molar-refractivity contribution in [3.05, 3.63) is 29.6 Å². The lowest BCUT2D eigenvalue weighted by atomic mass is 9.89. The molecule has 6 nitrogen and oxygen atoms in total. The second-order valence-electron chi connectivity index (χ2n) is 5.07. The summed E-state index contributed by atoms with van der Waals surface area (Å²) in [6.07, 6.45) is 0. The Morgan fingerprint density at radius 1 is 1.50 bits per heavy atom. The summed E-state index contributed by atoms with van der Waals surface area (Å²) >= 11 is 0. The molecule has 0 spiro atoms. The average molecular weight is 303 g/mol. The SMILES string of the molecule is CC1(CNS(=O)(=O)c2ccc(F)c(C(=O)O)c2)COC1. The number of carboxylic acids is 1. The van der Waals surface area contributed by atoms with Gasteiger partial charge in [0.1, 0.15) is 5.82 Å². The summed E-state index contributed by atoms with van der Waals surface area (Å²) in [6, 6.07) is 2.66. The zero-order chi connectivity index (χ0) is 15.0. The molecule has 1 saturated heterocycles. The summed E-state index contributed by atoms with van der Waals surface area (Å²) in [5.41, 5.74) is -0.936. The molecule has 0 bridgehead atoms. The second kappa shape index (κ2) is 5.12. The van der Waals surface area contributed by atoms with Gasteiger partial charge < -0.3 is 9.84 Å². The number of sulfonamides is 1. The number of benzene rings is 1. The Morgan fingerprint density at radius 3 is 2.65 bits per heavy atom. The molecule has 0 radical (unpaired) electrons. The molecule has 1 aromatic rings. The average Bonchev–Trinajstić information content (AvgIpc) is 2.34. The molecule has 0 aromatic heterocycles. The predicted molar refractivity (Wildman–Crippen MR) is 67.5 cm³/mol. The van der Waals surface area contributed by atoms with Crippen LogP contribution < -0.4 is 4.72 Å². The fourth-order valence-electron chi connectivity index (χ4n) is 1.74. The van der Waals surface area contributed by atoms with E-state index in [9.17, 15) is 17.6 Å². The van der Waals surface area contributed by atoms with Gasteiger partial charge in [0.25, 0.3) is 0 Å². The third-order valence-corrected chi connectivity index (χ3v) is 4.47. The quantitative estimate of drug-likeness (QED) is 0.841. The van der Waals surface area contributed by atoms with E-state index in [1.165, 1.54) is 0 Å². The van der Waals surface area contributed by atoms with Gasteiger partial charge in [-0.3, -0.25) is 0 Å². The number of rotatable bonds is 5. The van der Waals surface area contributed by atoms with Gasteiger partial charge in [0.2, 0.25) is 10.0 Å². The topological polar surface area (TPSA) is 92.7 Å². The van der Waals surface area contributed by atoms with Gasteiger partial charge in [0.05, 0.1) is 23.7 Å². The van der Waals surface area contributed by atoms with E-state index in [-0.39, 0.29) is 16.9 Å². The zero-order valence-electron chi connectivity index (χ0n) is 10.7. The van der Waals surface area contributed by atoms with Crippen molar-refractivity contribution in [3.63, 3.8) is 0 Å². The summed E-state index contributed by atoms with van der Waals surface area (Å²) in [6.45, 7) is 2.96. The molecule has 0 aliphatic carbocycles. The lowest BCUT2D eigenvalue weighted by Crippen LogP contribution is -2.48. The highest BCUT2D eigenvalue weighted by atomic mass is 32.2. The van der Waals surface area contributed by atoms with Crippen LogP contribution >= 0.6 is 0 Å². The predicted octanol–water partition coefficient (Wildman–Crippen LogP) is 0.839. The van der Waals surface area contributed by atoms with Crippen LogP contribution in [-0.2, 0) is 14.8 Å². The van der Waals surface area contributed by atoms with Gasteiger partial charge in [-0.25, -0.2) is 22.3 Å². The molecule has 0 amide bonds. The van der Waals surface area contributed by atoms with Gasteiger partial charge in [-0.1, -0.05) is 6.92 Å². The first-order chi connectivity index (χ1) is 9.23. The number of ether oxygens (including phenoxy) is 1. The van der Waals surface area contributed by atoms with E-state index in [1.54, 1.807) is 0 Å². The van der Waals surface area contributed by atoms with Crippen LogP contribution in [0.4, 0.5) is 4.39 Å². The van der Waals surface area contributed by atoms with Crippen molar-refractivity contribution in [1.82, 2.24) is 4.72 Å². The van der Waals surface area contributed by atoms with E-state index in [2.05, 4.69) is 4.72 Å². The van der Waals surface area contributed by atoms with Crippen molar-refractivity contribution in [2.75, 3.05) is 19.8 Å². The van der Waals surface area contributed by atoms with Crippen molar-refractivity contribution < 1.29 is 27.4 Å². The fraction of sp³-hybridized carbons (Fsp3) is 0.417. The maximum absolute atomic E-state index is 13.2. The minimum atomic E-state index is -3.88. The number of carboxylic acid groups (broad SMARTS) is 1.